The maximum absolute atomic E-state index is 11.8. The minimum Gasteiger partial charge on any atom is -0.481 e. The molecule has 0 heterocycles. The summed E-state index contributed by atoms with van der Waals surface area (Å²) < 4.78 is 0. The lowest BCUT2D eigenvalue weighted by molar-refractivity contribution is -0.143. The van der Waals surface area contributed by atoms with Crippen molar-refractivity contribution in [3.05, 3.63) is 0 Å². The van der Waals surface area contributed by atoms with Gasteiger partial charge >= 0.3 is 5.97 Å². The highest BCUT2D eigenvalue weighted by Gasteiger charge is 2.23. The molecule has 2 heteroatoms. The highest BCUT2D eigenvalue weighted by atomic mass is 16.4. The fourth-order valence-corrected chi connectivity index (χ4v) is 6.07. The summed E-state index contributed by atoms with van der Waals surface area (Å²) in [6.07, 6.45) is 40.4. The van der Waals surface area contributed by atoms with Gasteiger partial charge in [-0.25, -0.2) is 0 Å². The second kappa shape index (κ2) is 31.0. The lowest BCUT2D eigenvalue weighted by atomic mass is 9.85. The molecule has 1 N–H and O–H groups in total. The number of aliphatic carboxylic acids is 1. The molecule has 0 aliphatic rings. The predicted octanol–water partition coefficient (Wildman–Crippen LogP) is 13.1. The van der Waals surface area contributed by atoms with Crippen molar-refractivity contribution in [2.24, 2.45) is 11.8 Å². The Morgan fingerprint density at radius 3 is 0.921 bits per heavy atom. The first-order valence-corrected chi connectivity index (χ1v) is 17.9. The van der Waals surface area contributed by atoms with E-state index >= 15 is 0 Å². The summed E-state index contributed by atoms with van der Waals surface area (Å²) >= 11 is 0. The van der Waals surface area contributed by atoms with Gasteiger partial charge in [-0.1, -0.05) is 201 Å². The molecule has 0 bridgehead atoms. The summed E-state index contributed by atoms with van der Waals surface area (Å²) in [4.78, 5) is 11.8. The first kappa shape index (κ1) is 37.5. The summed E-state index contributed by atoms with van der Waals surface area (Å²) in [5.41, 5.74) is 0. The average molecular weight is 537 g/mol. The minimum atomic E-state index is -0.559. The zero-order valence-corrected chi connectivity index (χ0v) is 26.7. The highest BCUT2D eigenvalue weighted by molar-refractivity contribution is 5.70. The van der Waals surface area contributed by atoms with E-state index < -0.39 is 5.97 Å². The molecular weight excluding hydrogens is 464 g/mol. The Bertz CT molecular complexity index is 460. The molecule has 0 spiro atoms. The van der Waals surface area contributed by atoms with Gasteiger partial charge in [-0.3, -0.25) is 4.79 Å². The lowest BCUT2D eigenvalue weighted by Gasteiger charge is -2.20. The fourth-order valence-electron chi connectivity index (χ4n) is 6.07. The maximum Gasteiger partial charge on any atom is 0.306 e. The Kier molecular flexibility index (Phi) is 30.6. The molecule has 2 atom stereocenters. The molecule has 0 rings (SSSR count). The third-order valence-electron chi connectivity index (χ3n) is 8.89. The average Bonchev–Trinajstić information content (AvgIpc) is 2.90. The van der Waals surface area contributed by atoms with Crippen LogP contribution in [0.3, 0.4) is 0 Å². The van der Waals surface area contributed by atoms with Crippen LogP contribution in [0, 0.1) is 11.8 Å². The number of carbonyl (C=O) groups is 1. The molecule has 0 amide bonds. The molecule has 0 aromatic carbocycles. The zero-order valence-electron chi connectivity index (χ0n) is 26.7. The first-order valence-electron chi connectivity index (χ1n) is 17.9. The van der Waals surface area contributed by atoms with E-state index in [1.54, 1.807) is 0 Å². The van der Waals surface area contributed by atoms with Crippen LogP contribution in [0.25, 0.3) is 0 Å². The van der Waals surface area contributed by atoms with Crippen molar-refractivity contribution in [3.8, 4) is 0 Å². The van der Waals surface area contributed by atoms with Crippen LogP contribution in [0.5, 0.6) is 0 Å². The highest BCUT2D eigenvalue weighted by Crippen LogP contribution is 2.25. The van der Waals surface area contributed by atoms with Gasteiger partial charge in [0, 0.05) is 0 Å². The topological polar surface area (TPSA) is 37.3 Å². The van der Waals surface area contributed by atoms with Crippen LogP contribution < -0.4 is 0 Å². The Morgan fingerprint density at radius 2 is 0.658 bits per heavy atom. The Hall–Kier alpha value is -0.530. The second-order valence-corrected chi connectivity index (χ2v) is 12.7. The van der Waals surface area contributed by atoms with E-state index in [1.807, 2.05) is 0 Å². The smallest absolute Gasteiger partial charge is 0.306 e. The van der Waals surface area contributed by atoms with Gasteiger partial charge in [0.25, 0.3) is 0 Å². The van der Waals surface area contributed by atoms with Crippen LogP contribution in [-0.2, 0) is 4.79 Å². The molecule has 0 aliphatic heterocycles. The summed E-state index contributed by atoms with van der Waals surface area (Å²) in [5, 5.41) is 9.75. The number of hydrogen-bond acceptors (Lipinski definition) is 1. The third-order valence-corrected chi connectivity index (χ3v) is 8.89. The molecule has 2 unspecified atom stereocenters. The van der Waals surface area contributed by atoms with Crippen LogP contribution in [0.2, 0.25) is 0 Å². The van der Waals surface area contributed by atoms with Gasteiger partial charge in [0.05, 0.1) is 5.92 Å². The number of carboxylic acid groups (broad SMARTS) is 1. The van der Waals surface area contributed by atoms with Crippen molar-refractivity contribution in [1.82, 2.24) is 0 Å². The second-order valence-electron chi connectivity index (χ2n) is 12.7. The largest absolute Gasteiger partial charge is 0.481 e. The summed E-state index contributed by atoms with van der Waals surface area (Å²) in [7, 11) is 0. The van der Waals surface area contributed by atoms with E-state index in [0.717, 1.165) is 19.3 Å². The molecule has 0 fully saturated rings. The Labute approximate surface area is 240 Å². The Morgan fingerprint density at radius 1 is 0.421 bits per heavy atom. The monoisotopic (exact) mass is 537 g/mol. The molecular formula is C36H72O2. The van der Waals surface area contributed by atoms with Gasteiger partial charge in [-0.15, -0.1) is 0 Å². The van der Waals surface area contributed by atoms with Crippen molar-refractivity contribution >= 4 is 5.97 Å². The molecule has 0 aliphatic carbocycles. The van der Waals surface area contributed by atoms with Crippen molar-refractivity contribution in [1.29, 1.82) is 0 Å². The van der Waals surface area contributed by atoms with Crippen LogP contribution in [0.4, 0.5) is 0 Å². The summed E-state index contributed by atoms with van der Waals surface area (Å²) in [6.45, 7) is 6.75. The normalized spacial score (nSPS) is 13.1. The summed E-state index contributed by atoms with van der Waals surface area (Å²) in [6, 6.07) is 0. The van der Waals surface area contributed by atoms with Crippen LogP contribution in [0.15, 0.2) is 0 Å². The van der Waals surface area contributed by atoms with E-state index in [-0.39, 0.29) is 5.92 Å². The SMILES string of the molecule is CCCCCCCCCCCCCCCCCCCCC(C(=O)O)C(C)CCCCCCCCCCCC. The number of carboxylic acids is 1. The van der Waals surface area contributed by atoms with Crippen molar-refractivity contribution in [2.45, 2.75) is 213 Å². The van der Waals surface area contributed by atoms with Gasteiger partial charge in [-0.05, 0) is 18.8 Å². The van der Waals surface area contributed by atoms with Crippen molar-refractivity contribution in [2.75, 3.05) is 0 Å². The Balaban J connectivity index is 3.50. The van der Waals surface area contributed by atoms with E-state index in [2.05, 4.69) is 20.8 Å². The van der Waals surface area contributed by atoms with E-state index in [9.17, 15) is 9.90 Å². The van der Waals surface area contributed by atoms with E-state index in [4.69, 9.17) is 0 Å². The van der Waals surface area contributed by atoms with E-state index in [0.29, 0.717) is 5.92 Å². The zero-order chi connectivity index (χ0) is 27.9. The maximum atomic E-state index is 11.8. The van der Waals surface area contributed by atoms with Gasteiger partial charge in [-0.2, -0.15) is 0 Å². The molecule has 38 heavy (non-hydrogen) atoms. The predicted molar refractivity (Wildman–Crippen MR) is 170 cm³/mol. The number of rotatable bonds is 32. The quantitative estimate of drug-likeness (QED) is 0.0868. The number of hydrogen-bond donors (Lipinski definition) is 1. The lowest BCUT2D eigenvalue weighted by Crippen LogP contribution is -2.21. The molecule has 0 aromatic rings. The van der Waals surface area contributed by atoms with Gasteiger partial charge in [0.1, 0.15) is 0 Å². The molecule has 0 saturated heterocycles. The van der Waals surface area contributed by atoms with Crippen molar-refractivity contribution < 1.29 is 9.90 Å². The van der Waals surface area contributed by atoms with Gasteiger partial charge < -0.3 is 5.11 Å². The van der Waals surface area contributed by atoms with Crippen LogP contribution in [-0.4, -0.2) is 11.1 Å². The van der Waals surface area contributed by atoms with Gasteiger partial charge in [0.15, 0.2) is 0 Å². The van der Waals surface area contributed by atoms with Crippen LogP contribution >= 0.6 is 0 Å². The molecule has 0 radical (unpaired) electrons. The van der Waals surface area contributed by atoms with Crippen molar-refractivity contribution in [3.63, 3.8) is 0 Å². The number of unbranched alkanes of at least 4 members (excludes halogenated alkanes) is 26. The third kappa shape index (κ3) is 27.1. The standard InChI is InChI=1S/C36H72O2/c1-4-6-8-10-12-14-16-17-18-19-20-21-22-23-25-27-29-31-33-35(36(37)38)34(3)32-30-28-26-24-15-13-11-9-7-5-2/h34-35H,4-33H2,1-3H3,(H,37,38). The van der Waals surface area contributed by atoms with E-state index in [1.165, 1.54) is 173 Å². The first-order chi connectivity index (χ1) is 18.6. The molecule has 0 saturated carbocycles. The van der Waals surface area contributed by atoms with Crippen LogP contribution in [0.1, 0.15) is 213 Å². The minimum absolute atomic E-state index is 0.130. The fraction of sp³-hybridized carbons (Fsp3) is 0.972. The molecule has 0 aromatic heterocycles. The summed E-state index contributed by atoms with van der Waals surface area (Å²) in [5.74, 6) is -0.362. The molecule has 228 valence electrons. The van der Waals surface area contributed by atoms with Gasteiger partial charge in [0.2, 0.25) is 0 Å². The molecule has 2 nitrogen and oxygen atoms in total.